The number of hydrogen-bond donors (Lipinski definition) is 0. The van der Waals surface area contributed by atoms with E-state index in [1.54, 1.807) is 18.2 Å². The summed E-state index contributed by atoms with van der Waals surface area (Å²) >= 11 is 0. The van der Waals surface area contributed by atoms with Crippen molar-refractivity contribution in [3.05, 3.63) is 41.7 Å². The Labute approximate surface area is 193 Å². The van der Waals surface area contributed by atoms with E-state index in [1.165, 1.54) is 4.58 Å². The number of anilines is 1. The summed E-state index contributed by atoms with van der Waals surface area (Å²) in [6, 6.07) is 9.51. The molecule has 3 aliphatic rings. The summed E-state index contributed by atoms with van der Waals surface area (Å²) in [7, 11) is 1.57. The second-order valence-corrected chi connectivity index (χ2v) is 8.19. The van der Waals surface area contributed by atoms with Crippen molar-refractivity contribution in [3.8, 4) is 0 Å². The Morgan fingerprint density at radius 2 is 1.82 bits per heavy atom. The number of benzene rings is 1. The lowest BCUT2D eigenvalue weighted by Crippen LogP contribution is -2.58. The zero-order valence-corrected chi connectivity index (χ0v) is 19.4. The van der Waals surface area contributed by atoms with Gasteiger partial charge in [0.2, 0.25) is 0 Å². The van der Waals surface area contributed by atoms with Gasteiger partial charge in [0.1, 0.15) is 12.0 Å². The molecule has 3 aliphatic heterocycles. The zero-order valence-electron chi connectivity index (χ0n) is 19.4. The molecule has 0 bridgehead atoms. The van der Waals surface area contributed by atoms with Crippen LogP contribution in [0.1, 0.15) is 20.3 Å². The number of carbonyl (C=O) groups is 3. The Bertz CT molecular complexity index is 1040. The quantitative estimate of drug-likeness (QED) is 0.614. The van der Waals surface area contributed by atoms with Gasteiger partial charge in [-0.15, -0.1) is 4.99 Å². The fourth-order valence-electron chi connectivity index (χ4n) is 4.45. The first-order valence-electron chi connectivity index (χ1n) is 11.4. The van der Waals surface area contributed by atoms with Crippen LogP contribution in [0.5, 0.6) is 0 Å². The molecule has 33 heavy (non-hydrogen) atoms. The molecule has 0 aromatic heterocycles. The van der Waals surface area contributed by atoms with Crippen molar-refractivity contribution in [2.24, 2.45) is 10.9 Å². The molecule has 1 aromatic carbocycles. The van der Waals surface area contributed by atoms with Crippen LogP contribution in [-0.4, -0.2) is 90.6 Å². The topological polar surface area (TPSA) is 85.5 Å². The molecule has 1 fully saturated rings. The minimum atomic E-state index is -0.810. The van der Waals surface area contributed by atoms with Crippen molar-refractivity contribution in [1.29, 1.82) is 0 Å². The molecule has 1 atom stereocenters. The predicted octanol–water partition coefficient (Wildman–Crippen LogP) is 1.74. The highest BCUT2D eigenvalue weighted by Gasteiger charge is 2.51. The van der Waals surface area contributed by atoms with Crippen molar-refractivity contribution in [2.75, 3.05) is 51.3 Å². The number of rotatable bonds is 6. The molecule has 1 aromatic rings. The van der Waals surface area contributed by atoms with Gasteiger partial charge in [-0.2, -0.15) is 9.48 Å². The molecule has 3 heterocycles. The molecule has 4 amide bonds. The van der Waals surface area contributed by atoms with Crippen LogP contribution in [0.3, 0.4) is 0 Å². The summed E-state index contributed by atoms with van der Waals surface area (Å²) in [6.45, 7) is 6.39. The van der Waals surface area contributed by atoms with E-state index in [1.807, 2.05) is 44.2 Å². The van der Waals surface area contributed by atoms with Crippen LogP contribution in [0.2, 0.25) is 0 Å². The first kappa shape index (κ1) is 22.7. The second-order valence-electron chi connectivity index (χ2n) is 8.19. The minimum absolute atomic E-state index is 0.238. The summed E-state index contributed by atoms with van der Waals surface area (Å²) < 4.78 is 7.16. The van der Waals surface area contributed by atoms with Crippen molar-refractivity contribution in [3.63, 3.8) is 0 Å². The lowest BCUT2D eigenvalue weighted by Gasteiger charge is -2.36. The van der Waals surface area contributed by atoms with Crippen LogP contribution in [0, 0.1) is 5.92 Å². The lowest BCUT2D eigenvalue weighted by atomic mass is 9.94. The van der Waals surface area contributed by atoms with Gasteiger partial charge in [0, 0.05) is 37.4 Å². The third kappa shape index (κ3) is 4.27. The third-order valence-electron chi connectivity index (χ3n) is 6.29. The number of fused-ring (bicyclic) bond motifs is 1. The molecule has 0 N–H and O–H groups in total. The molecule has 0 spiro atoms. The van der Waals surface area contributed by atoms with Gasteiger partial charge in [-0.25, -0.2) is 4.79 Å². The highest BCUT2D eigenvalue weighted by Crippen LogP contribution is 2.29. The highest BCUT2D eigenvalue weighted by molar-refractivity contribution is 6.16. The molecule has 174 valence electrons. The van der Waals surface area contributed by atoms with Crippen LogP contribution in [-0.2, 0) is 14.3 Å². The average molecular weight is 453 g/mol. The normalized spacial score (nSPS) is 21.1. The van der Waals surface area contributed by atoms with E-state index in [9.17, 15) is 14.4 Å². The number of ether oxygens (including phenoxy) is 1. The third-order valence-corrected chi connectivity index (χ3v) is 6.29. The fraction of sp³-hybridized carbons (Fsp3) is 0.458. The van der Waals surface area contributed by atoms with Gasteiger partial charge in [0.05, 0.1) is 13.7 Å². The molecule has 1 unspecified atom stereocenters. The summed E-state index contributed by atoms with van der Waals surface area (Å²) in [4.78, 5) is 48.8. The molecule has 0 aliphatic carbocycles. The number of amidine groups is 1. The van der Waals surface area contributed by atoms with E-state index in [0.29, 0.717) is 50.8 Å². The Morgan fingerprint density at radius 3 is 2.45 bits per heavy atom. The van der Waals surface area contributed by atoms with Gasteiger partial charge in [-0.05, 0) is 25.5 Å². The first-order valence-corrected chi connectivity index (χ1v) is 11.4. The minimum Gasteiger partial charge on any atom is -0.496 e. The van der Waals surface area contributed by atoms with Crippen LogP contribution in [0.4, 0.5) is 10.5 Å². The molecule has 0 radical (unpaired) electrons. The fourth-order valence-corrected chi connectivity index (χ4v) is 4.45. The van der Waals surface area contributed by atoms with Crippen molar-refractivity contribution < 1.29 is 23.7 Å². The molecule has 0 saturated carbocycles. The Kier molecular flexibility index (Phi) is 6.57. The van der Waals surface area contributed by atoms with Gasteiger partial charge in [-0.3, -0.25) is 9.59 Å². The maximum atomic E-state index is 13.4. The second kappa shape index (κ2) is 9.56. The zero-order chi connectivity index (χ0) is 23.5. The Hall–Kier alpha value is -3.49. The summed E-state index contributed by atoms with van der Waals surface area (Å²) in [5.41, 5.74) is 1.94. The summed E-state index contributed by atoms with van der Waals surface area (Å²) in [6.07, 6.45) is 2.30. The Morgan fingerprint density at radius 1 is 1.12 bits per heavy atom. The molecule has 4 rings (SSSR count). The van der Waals surface area contributed by atoms with Gasteiger partial charge < -0.3 is 14.5 Å². The first-order chi connectivity index (χ1) is 16.0. The van der Waals surface area contributed by atoms with Gasteiger partial charge in [0.25, 0.3) is 11.7 Å². The number of hydrogen-bond acceptors (Lipinski definition) is 6. The summed E-state index contributed by atoms with van der Waals surface area (Å²) in [5.74, 6) is -0.654. The Balaban J connectivity index is 1.48. The van der Waals surface area contributed by atoms with Crippen molar-refractivity contribution in [2.45, 2.75) is 20.3 Å². The number of dihydropyridines is 1. The molecular weight excluding hydrogens is 422 g/mol. The number of piperazine rings is 1. The van der Waals surface area contributed by atoms with E-state index >= 15 is 0 Å². The molecule has 9 heteroatoms. The molecule has 1 saturated heterocycles. The largest absolute Gasteiger partial charge is 0.496 e. The number of carbonyl (C=O) groups excluding carboxylic acids is 3. The number of imide groups is 1. The van der Waals surface area contributed by atoms with Crippen molar-refractivity contribution in [1.82, 2.24) is 9.80 Å². The standard InChI is InChI=1S/C24H30N5O4/c1-4-17-15-25-22-20(21(17)33-5-2)23(31)29(24(32)26(22)3)16-19(30)28-13-11-27(12-14-28)18-9-7-6-8-10-18/h6-10,15,20H,4-5,11-14,16H2,1-3H3/q+1. The van der Waals surface area contributed by atoms with E-state index in [-0.39, 0.29) is 12.5 Å². The SMILES string of the molecule is CCOC1=C(CC)C=NC2=[N+](C)C(=O)N(CC(=O)N3CCN(c4ccccc4)CC3)C(=O)C12. The summed E-state index contributed by atoms with van der Waals surface area (Å²) in [5, 5.41) is 0. The number of nitrogens with zero attached hydrogens (tertiary/aromatic N) is 5. The van der Waals surface area contributed by atoms with E-state index < -0.39 is 17.9 Å². The van der Waals surface area contributed by atoms with Crippen LogP contribution in [0.25, 0.3) is 0 Å². The predicted molar refractivity (Wildman–Crippen MR) is 124 cm³/mol. The van der Waals surface area contributed by atoms with E-state index in [4.69, 9.17) is 4.74 Å². The molecular formula is C24H30N5O4+. The highest BCUT2D eigenvalue weighted by atomic mass is 16.5. The van der Waals surface area contributed by atoms with Crippen LogP contribution in [0.15, 0.2) is 46.7 Å². The van der Waals surface area contributed by atoms with Crippen LogP contribution >= 0.6 is 0 Å². The maximum Gasteiger partial charge on any atom is 0.446 e. The van der Waals surface area contributed by atoms with Gasteiger partial charge in [-0.1, -0.05) is 25.1 Å². The number of urea groups is 1. The van der Waals surface area contributed by atoms with Gasteiger partial charge in [0.15, 0.2) is 12.5 Å². The number of aliphatic imine (C=N–C) groups is 1. The lowest BCUT2D eigenvalue weighted by molar-refractivity contribution is -0.408. The molecule has 9 nitrogen and oxygen atoms in total. The van der Waals surface area contributed by atoms with E-state index in [2.05, 4.69) is 9.89 Å². The maximum absolute atomic E-state index is 13.4. The number of amides is 4. The van der Waals surface area contributed by atoms with Crippen LogP contribution < -0.4 is 4.90 Å². The number of allylic oxidation sites excluding steroid dienone is 1. The van der Waals surface area contributed by atoms with E-state index in [0.717, 1.165) is 16.2 Å². The number of para-hydroxylation sites is 1. The average Bonchev–Trinajstić information content (AvgIpc) is 2.85. The van der Waals surface area contributed by atoms with Crippen molar-refractivity contribution >= 4 is 35.6 Å². The smallest absolute Gasteiger partial charge is 0.446 e. The monoisotopic (exact) mass is 452 g/mol. The van der Waals surface area contributed by atoms with Gasteiger partial charge >= 0.3 is 11.9 Å².